The number of aromatic nitrogens is 2. The van der Waals surface area contributed by atoms with Crippen molar-refractivity contribution < 1.29 is 4.74 Å². The Morgan fingerprint density at radius 3 is 2.33 bits per heavy atom. The molecule has 0 aliphatic carbocycles. The summed E-state index contributed by atoms with van der Waals surface area (Å²) in [5.74, 6) is 1.56. The fourth-order valence-electron chi connectivity index (χ4n) is 2.33. The number of hydrogen-bond donors (Lipinski definition) is 2. The highest BCUT2D eigenvalue weighted by Gasteiger charge is 2.11. The standard InChI is InChI=1S/C18H17IN4O/c1-11-7-12(2)9-15(8-11)24-18-16(20)17(21-10-22-18)23-14-5-3-13(19)4-6-14/h3-10H,20H2,1-2H3,(H,21,22,23). The van der Waals surface area contributed by atoms with Gasteiger partial charge in [-0.15, -0.1) is 0 Å². The molecule has 24 heavy (non-hydrogen) atoms. The van der Waals surface area contributed by atoms with Gasteiger partial charge in [0.25, 0.3) is 0 Å². The average Bonchev–Trinajstić information content (AvgIpc) is 2.52. The van der Waals surface area contributed by atoms with Crippen molar-refractivity contribution in [2.24, 2.45) is 0 Å². The second-order valence-corrected chi connectivity index (χ2v) is 6.74. The van der Waals surface area contributed by atoms with Gasteiger partial charge in [-0.3, -0.25) is 0 Å². The average molecular weight is 432 g/mol. The Morgan fingerprint density at radius 1 is 1.00 bits per heavy atom. The summed E-state index contributed by atoms with van der Waals surface area (Å²) in [4.78, 5) is 8.35. The van der Waals surface area contributed by atoms with Crippen LogP contribution in [0, 0.1) is 17.4 Å². The first kappa shape index (κ1) is 16.5. The predicted octanol–water partition coefficient (Wildman–Crippen LogP) is 4.82. The van der Waals surface area contributed by atoms with Gasteiger partial charge in [-0.1, -0.05) is 6.07 Å². The van der Waals surface area contributed by atoms with Gasteiger partial charge in [-0.2, -0.15) is 4.98 Å². The van der Waals surface area contributed by atoms with Crippen LogP contribution in [0.3, 0.4) is 0 Å². The summed E-state index contributed by atoms with van der Waals surface area (Å²) in [6, 6.07) is 13.9. The first-order valence-corrected chi connectivity index (χ1v) is 8.48. The highest BCUT2D eigenvalue weighted by Crippen LogP contribution is 2.31. The van der Waals surface area contributed by atoms with Crippen LogP contribution in [0.1, 0.15) is 11.1 Å². The van der Waals surface area contributed by atoms with Crippen molar-refractivity contribution in [3.63, 3.8) is 0 Å². The number of aryl methyl sites for hydroxylation is 2. The van der Waals surface area contributed by atoms with E-state index < -0.39 is 0 Å². The molecule has 3 N–H and O–H groups in total. The van der Waals surface area contributed by atoms with E-state index in [-0.39, 0.29) is 0 Å². The number of nitrogens with one attached hydrogen (secondary N) is 1. The topological polar surface area (TPSA) is 73.1 Å². The number of rotatable bonds is 4. The summed E-state index contributed by atoms with van der Waals surface area (Å²) in [6.45, 7) is 4.04. The molecule has 3 aromatic rings. The molecule has 2 aromatic carbocycles. The first-order chi connectivity index (χ1) is 11.5. The number of benzene rings is 2. The molecule has 0 saturated heterocycles. The molecule has 122 valence electrons. The molecule has 0 aliphatic heterocycles. The Hall–Kier alpha value is -2.35. The summed E-state index contributed by atoms with van der Waals surface area (Å²) in [7, 11) is 0. The molecule has 0 amide bonds. The number of hydrogen-bond acceptors (Lipinski definition) is 5. The van der Waals surface area contributed by atoms with Crippen LogP contribution in [-0.4, -0.2) is 9.97 Å². The summed E-state index contributed by atoms with van der Waals surface area (Å²) in [5.41, 5.74) is 9.68. The lowest BCUT2D eigenvalue weighted by atomic mass is 10.1. The molecule has 0 bridgehead atoms. The fraction of sp³-hybridized carbons (Fsp3) is 0.111. The van der Waals surface area contributed by atoms with Crippen molar-refractivity contribution in [3.8, 4) is 11.6 Å². The minimum atomic E-state index is 0.336. The van der Waals surface area contributed by atoms with Crippen LogP contribution in [0.2, 0.25) is 0 Å². The normalized spacial score (nSPS) is 10.5. The zero-order valence-electron chi connectivity index (χ0n) is 13.4. The van der Waals surface area contributed by atoms with Crippen LogP contribution in [0.5, 0.6) is 11.6 Å². The summed E-state index contributed by atoms with van der Waals surface area (Å²) < 4.78 is 7.01. The van der Waals surface area contributed by atoms with E-state index in [1.165, 1.54) is 6.33 Å². The zero-order chi connectivity index (χ0) is 17.1. The van der Waals surface area contributed by atoms with E-state index in [4.69, 9.17) is 10.5 Å². The summed E-state index contributed by atoms with van der Waals surface area (Å²) in [5, 5.41) is 3.19. The molecule has 0 aliphatic rings. The Balaban J connectivity index is 1.86. The van der Waals surface area contributed by atoms with E-state index in [0.717, 1.165) is 20.4 Å². The monoisotopic (exact) mass is 432 g/mol. The first-order valence-electron chi connectivity index (χ1n) is 7.40. The lowest BCUT2D eigenvalue weighted by Gasteiger charge is -2.12. The predicted molar refractivity (Wildman–Crippen MR) is 105 cm³/mol. The van der Waals surface area contributed by atoms with Gasteiger partial charge < -0.3 is 15.8 Å². The maximum absolute atomic E-state index is 6.17. The molecule has 0 spiro atoms. The number of ether oxygens (including phenoxy) is 1. The Morgan fingerprint density at radius 2 is 1.67 bits per heavy atom. The van der Waals surface area contributed by atoms with E-state index in [1.54, 1.807) is 0 Å². The van der Waals surface area contributed by atoms with E-state index in [9.17, 15) is 0 Å². The number of nitrogen functional groups attached to an aromatic ring is 1. The van der Waals surface area contributed by atoms with Crippen molar-refractivity contribution in [2.75, 3.05) is 11.1 Å². The molecule has 0 radical (unpaired) electrons. The molecule has 1 aromatic heterocycles. The molecule has 0 atom stereocenters. The highest BCUT2D eigenvalue weighted by atomic mass is 127. The molecule has 6 heteroatoms. The van der Waals surface area contributed by atoms with Gasteiger partial charge >= 0.3 is 0 Å². The number of halogens is 1. The molecule has 0 unspecified atom stereocenters. The highest BCUT2D eigenvalue weighted by molar-refractivity contribution is 14.1. The lowest BCUT2D eigenvalue weighted by molar-refractivity contribution is 0.464. The van der Waals surface area contributed by atoms with Crippen LogP contribution >= 0.6 is 22.6 Å². The van der Waals surface area contributed by atoms with E-state index >= 15 is 0 Å². The van der Waals surface area contributed by atoms with Gasteiger partial charge in [-0.25, -0.2) is 4.98 Å². The third kappa shape index (κ3) is 3.94. The van der Waals surface area contributed by atoms with Crippen molar-refractivity contribution >= 4 is 39.8 Å². The maximum Gasteiger partial charge on any atom is 0.248 e. The molecule has 0 saturated carbocycles. The smallest absolute Gasteiger partial charge is 0.248 e. The van der Waals surface area contributed by atoms with E-state index in [0.29, 0.717) is 23.1 Å². The van der Waals surface area contributed by atoms with Gasteiger partial charge in [0.05, 0.1) is 0 Å². The minimum Gasteiger partial charge on any atom is -0.437 e. The number of anilines is 3. The largest absolute Gasteiger partial charge is 0.437 e. The Labute approximate surface area is 154 Å². The molecule has 0 fully saturated rings. The fourth-order valence-corrected chi connectivity index (χ4v) is 2.69. The van der Waals surface area contributed by atoms with Gasteiger partial charge in [0.2, 0.25) is 5.88 Å². The van der Waals surface area contributed by atoms with Crippen LogP contribution in [-0.2, 0) is 0 Å². The lowest BCUT2D eigenvalue weighted by Crippen LogP contribution is -2.03. The number of nitrogens with zero attached hydrogens (tertiary/aromatic N) is 2. The Kier molecular flexibility index (Phi) is 4.84. The quantitative estimate of drug-likeness (QED) is 0.579. The zero-order valence-corrected chi connectivity index (χ0v) is 15.5. The van der Waals surface area contributed by atoms with Crippen molar-refractivity contribution in [1.29, 1.82) is 0 Å². The number of nitrogens with two attached hydrogens (primary N) is 1. The second kappa shape index (κ2) is 7.04. The molecule has 5 nitrogen and oxygen atoms in total. The Bertz CT molecular complexity index is 845. The van der Waals surface area contributed by atoms with Crippen molar-refractivity contribution in [1.82, 2.24) is 9.97 Å². The molecular formula is C18H17IN4O. The van der Waals surface area contributed by atoms with Crippen molar-refractivity contribution in [2.45, 2.75) is 13.8 Å². The minimum absolute atomic E-state index is 0.336. The van der Waals surface area contributed by atoms with Gasteiger partial charge in [-0.05, 0) is 84.0 Å². The second-order valence-electron chi connectivity index (χ2n) is 5.50. The van der Waals surface area contributed by atoms with Crippen LogP contribution in [0.15, 0.2) is 48.8 Å². The third-order valence-electron chi connectivity index (χ3n) is 3.36. The van der Waals surface area contributed by atoms with Crippen LogP contribution in [0.4, 0.5) is 17.2 Å². The SMILES string of the molecule is Cc1cc(C)cc(Oc2ncnc(Nc3ccc(I)cc3)c2N)c1. The molecular weight excluding hydrogens is 415 g/mol. The molecule has 1 heterocycles. The van der Waals surface area contributed by atoms with Gasteiger partial charge in [0.1, 0.15) is 17.8 Å². The summed E-state index contributed by atoms with van der Waals surface area (Å²) in [6.07, 6.45) is 1.43. The van der Waals surface area contributed by atoms with Crippen LogP contribution in [0.25, 0.3) is 0 Å². The van der Waals surface area contributed by atoms with Crippen molar-refractivity contribution in [3.05, 3.63) is 63.5 Å². The van der Waals surface area contributed by atoms with E-state index in [1.807, 2.05) is 50.2 Å². The third-order valence-corrected chi connectivity index (χ3v) is 4.08. The van der Waals surface area contributed by atoms with E-state index in [2.05, 4.69) is 43.9 Å². The molecule has 3 rings (SSSR count). The van der Waals surface area contributed by atoms with Crippen LogP contribution < -0.4 is 15.8 Å². The van der Waals surface area contributed by atoms with Gasteiger partial charge in [0.15, 0.2) is 5.82 Å². The van der Waals surface area contributed by atoms with Gasteiger partial charge in [0, 0.05) is 9.26 Å². The summed E-state index contributed by atoms with van der Waals surface area (Å²) >= 11 is 2.26. The maximum atomic E-state index is 6.17.